The minimum absolute atomic E-state index is 0.688. The summed E-state index contributed by atoms with van der Waals surface area (Å²) in [6, 6.07) is 115. The number of hydrogen-bond donors (Lipinski definition) is 0. The number of benzene rings is 16. The second-order valence-electron chi connectivity index (χ2n) is 28.8. The quantitative estimate of drug-likeness (QED) is 0.0613. The Morgan fingerprint density at radius 1 is 0.189 bits per heavy atom. The maximum atomic E-state index is 6.15. The molecule has 0 aliphatic rings. The third kappa shape index (κ3) is 13.8. The molecule has 10 nitrogen and oxygen atoms in total. The molecule has 0 saturated heterocycles. The highest BCUT2D eigenvalue weighted by atomic mass is 16.5. The zero-order chi connectivity index (χ0) is 76.6. The van der Waals surface area contributed by atoms with Crippen LogP contribution in [-0.4, -0.2) is 42.7 Å². The monoisotopic (exact) mass is 1450 g/mol. The first-order valence-electron chi connectivity index (χ1n) is 37.5. The van der Waals surface area contributed by atoms with Gasteiger partial charge in [0.2, 0.25) is 0 Å². The van der Waals surface area contributed by atoms with Gasteiger partial charge in [0.25, 0.3) is 0 Å². The highest BCUT2D eigenvalue weighted by Gasteiger charge is 2.40. The summed E-state index contributed by atoms with van der Waals surface area (Å²) >= 11 is 0. The number of methoxy groups -OCH3 is 6. The molecule has 0 bridgehead atoms. The Bertz CT molecular complexity index is 5970. The van der Waals surface area contributed by atoms with Crippen LogP contribution in [0.15, 0.2) is 315 Å². The van der Waals surface area contributed by atoms with Gasteiger partial charge in [0, 0.05) is 69.0 Å². The molecule has 0 N–H and O–H groups in total. The molecule has 16 aromatic carbocycles. The van der Waals surface area contributed by atoms with Crippen LogP contribution >= 0.6 is 0 Å². The Labute approximate surface area is 650 Å². The van der Waals surface area contributed by atoms with Gasteiger partial charge in [0.1, 0.15) is 34.5 Å². The molecule has 0 fully saturated rings. The summed E-state index contributed by atoms with van der Waals surface area (Å²) in [6.07, 6.45) is 0. The van der Waals surface area contributed by atoms with Crippen LogP contribution in [0.4, 0.5) is 68.2 Å². The van der Waals surface area contributed by atoms with Crippen molar-refractivity contribution in [1.29, 1.82) is 0 Å². The Kier molecular flexibility index (Phi) is 19.6. The Hall–Kier alpha value is -13.4. The molecule has 16 aromatic rings. The molecule has 0 saturated carbocycles. The average molecular weight is 1450 g/mol. The Morgan fingerprint density at radius 2 is 0.432 bits per heavy atom. The lowest BCUT2D eigenvalue weighted by Crippen LogP contribution is -2.31. The first-order chi connectivity index (χ1) is 54.1. The molecule has 0 aliphatic heterocycles. The van der Waals surface area contributed by atoms with Gasteiger partial charge in [0.15, 0.2) is 0 Å². The predicted molar refractivity (Wildman–Crippen MR) is 461 cm³/mol. The number of fused-ring (bicyclic) bond motifs is 4. The van der Waals surface area contributed by atoms with E-state index in [2.05, 4.69) is 334 Å². The van der Waals surface area contributed by atoms with E-state index >= 15 is 0 Å². The fraction of sp³-hybridized carbons (Fsp3) is 0.129. The van der Waals surface area contributed by atoms with Crippen molar-refractivity contribution in [2.24, 2.45) is 0 Å². The molecule has 0 heterocycles. The minimum Gasteiger partial charge on any atom is -0.497 e. The number of rotatable bonds is 22. The molecule has 0 radical (unpaired) electrons. The van der Waals surface area contributed by atoms with E-state index in [4.69, 9.17) is 28.4 Å². The number of nitrogens with zero attached hydrogens (tertiary/aromatic N) is 4. The predicted octanol–water partition coefficient (Wildman–Crippen LogP) is 26.5. The van der Waals surface area contributed by atoms with E-state index < -0.39 is 5.41 Å². The summed E-state index contributed by atoms with van der Waals surface area (Å²) in [7, 11) is 10.2. The highest BCUT2D eigenvalue weighted by molar-refractivity contribution is 5.97. The summed E-state index contributed by atoms with van der Waals surface area (Å²) in [6.45, 7) is 12.9. The van der Waals surface area contributed by atoms with Crippen molar-refractivity contribution in [2.45, 2.75) is 47.0 Å². The lowest BCUT2D eigenvalue weighted by Gasteiger charge is -2.38. The molecule has 0 aliphatic carbocycles. The van der Waals surface area contributed by atoms with Gasteiger partial charge in [0.05, 0.1) is 59.4 Å². The minimum atomic E-state index is -0.976. The van der Waals surface area contributed by atoms with Gasteiger partial charge < -0.3 is 48.0 Å². The lowest BCUT2D eigenvalue weighted by atomic mass is 9.64. The molecule has 0 aromatic heterocycles. The van der Waals surface area contributed by atoms with E-state index in [-0.39, 0.29) is 0 Å². The molecular weight excluding hydrogens is 1370 g/mol. The molecule has 111 heavy (non-hydrogen) atoms. The summed E-state index contributed by atoms with van der Waals surface area (Å²) < 4.78 is 35.2. The second-order valence-corrected chi connectivity index (χ2v) is 28.8. The molecule has 16 rings (SSSR count). The first kappa shape index (κ1) is 71.8. The zero-order valence-corrected chi connectivity index (χ0v) is 64.8. The largest absolute Gasteiger partial charge is 0.497 e. The average Bonchev–Trinajstić information content (AvgIpc) is 0.714. The first-order valence-corrected chi connectivity index (χ1v) is 37.5. The van der Waals surface area contributed by atoms with Gasteiger partial charge in [-0.2, -0.15) is 0 Å². The van der Waals surface area contributed by atoms with Crippen LogP contribution in [-0.2, 0) is 5.41 Å². The number of aryl methyl sites for hydroxylation is 6. The van der Waals surface area contributed by atoms with Gasteiger partial charge >= 0.3 is 0 Å². The van der Waals surface area contributed by atoms with Crippen LogP contribution in [0.2, 0.25) is 0 Å². The van der Waals surface area contributed by atoms with Gasteiger partial charge in [-0.1, -0.05) is 144 Å². The van der Waals surface area contributed by atoms with Gasteiger partial charge in [-0.05, 0) is 300 Å². The smallest absolute Gasteiger partial charge is 0.146 e. The molecule has 0 amide bonds. The summed E-state index contributed by atoms with van der Waals surface area (Å²) in [5.74, 6) is 4.38. The van der Waals surface area contributed by atoms with Crippen molar-refractivity contribution in [3.05, 3.63) is 371 Å². The molecule has 0 unspecified atom stereocenters. The van der Waals surface area contributed by atoms with Crippen molar-refractivity contribution in [3.63, 3.8) is 0 Å². The highest BCUT2D eigenvalue weighted by Crippen LogP contribution is 2.52. The number of anilines is 12. The molecule has 0 spiro atoms. The maximum absolute atomic E-state index is 6.15. The van der Waals surface area contributed by atoms with E-state index in [1.165, 1.54) is 27.8 Å². The Morgan fingerprint density at radius 3 is 0.739 bits per heavy atom. The van der Waals surface area contributed by atoms with E-state index in [0.29, 0.717) is 23.0 Å². The third-order valence-electron chi connectivity index (χ3n) is 21.8. The van der Waals surface area contributed by atoms with Crippen LogP contribution < -0.4 is 48.0 Å². The topological polar surface area (TPSA) is 68.3 Å². The fourth-order valence-corrected chi connectivity index (χ4v) is 15.9. The number of hydrogen-bond acceptors (Lipinski definition) is 10. The third-order valence-corrected chi connectivity index (χ3v) is 21.8. The van der Waals surface area contributed by atoms with Crippen molar-refractivity contribution in [2.75, 3.05) is 62.3 Å². The van der Waals surface area contributed by atoms with E-state index in [9.17, 15) is 0 Å². The normalized spacial score (nSPS) is 11.4. The summed E-state index contributed by atoms with van der Waals surface area (Å²) in [4.78, 5) is 9.24. The van der Waals surface area contributed by atoms with E-state index in [1.807, 2.05) is 42.5 Å². The Balaban J connectivity index is 0.936. The standard InChI is InChI=1S/C101H88N4O6/c1-65-13-32-83(33-14-65)102(95-49-19-68(4)53-69(95)5)87-38-24-71-55-79(28-20-75(71)59-87)101(80-29-21-76-60-88(39-25-72(76)56-80)103(86-42-44-91(106-7)45-43-86)96-50-46-92(107-8)54-70(96)6,81-30-22-77-61-89(40-26-73(77)57-81)104(84-34-15-66(2)16-35-84)97-51-47-93(108-9)63-99(97)110-11)82-31-23-78-62-90(41-27-74(78)58-82)105(85-36-17-67(3)18-37-85)98-52-48-94(109-10)64-100(98)111-12/h13-64H,1-12H3. The van der Waals surface area contributed by atoms with Crippen molar-refractivity contribution in [1.82, 2.24) is 0 Å². The van der Waals surface area contributed by atoms with Crippen LogP contribution in [0.25, 0.3) is 43.1 Å². The van der Waals surface area contributed by atoms with E-state index in [0.717, 1.165) is 151 Å². The van der Waals surface area contributed by atoms with Gasteiger partial charge in [-0.25, -0.2) is 0 Å². The van der Waals surface area contributed by atoms with Gasteiger partial charge in [-0.3, -0.25) is 0 Å². The summed E-state index contributed by atoms with van der Waals surface area (Å²) in [5, 5.41) is 8.68. The van der Waals surface area contributed by atoms with Crippen LogP contribution in [0.3, 0.4) is 0 Å². The van der Waals surface area contributed by atoms with Crippen LogP contribution in [0.1, 0.15) is 55.6 Å². The second kappa shape index (κ2) is 30.3. The zero-order valence-electron chi connectivity index (χ0n) is 64.8. The van der Waals surface area contributed by atoms with Crippen molar-refractivity contribution in [3.8, 4) is 34.5 Å². The molecule has 0 atom stereocenters. The lowest BCUT2D eigenvalue weighted by molar-refractivity contribution is 0.395. The van der Waals surface area contributed by atoms with Gasteiger partial charge in [-0.15, -0.1) is 0 Å². The molecule has 548 valence electrons. The fourth-order valence-electron chi connectivity index (χ4n) is 15.9. The number of ether oxygens (including phenoxy) is 6. The SMILES string of the molecule is COc1ccc(N(c2ccc3cc(C(c4ccc5cc(N(c6ccc(C)cc6)c6ccc(C)cc6C)ccc5c4)(c4ccc5cc(N(c6ccc(C)cc6)c6ccc(OC)cc6OC)ccc5c4)c4ccc5cc(N(c6ccc(C)cc6)c6ccc(OC)cc6OC)ccc5c4)ccc3c2)c2ccc(OC)cc2C)cc1. The maximum Gasteiger partial charge on any atom is 0.146 e. The van der Waals surface area contributed by atoms with Crippen molar-refractivity contribution >= 4 is 111 Å². The summed E-state index contributed by atoms with van der Waals surface area (Å²) in [5.41, 5.74) is 22.5. The molecular formula is C101H88N4O6. The van der Waals surface area contributed by atoms with Crippen molar-refractivity contribution < 1.29 is 28.4 Å². The molecule has 10 heteroatoms. The van der Waals surface area contributed by atoms with E-state index in [1.54, 1.807) is 42.7 Å². The van der Waals surface area contributed by atoms with Crippen LogP contribution in [0, 0.1) is 41.5 Å². The van der Waals surface area contributed by atoms with Crippen LogP contribution in [0.5, 0.6) is 34.5 Å².